The Morgan fingerprint density at radius 1 is 1.50 bits per heavy atom. The van der Waals surface area contributed by atoms with E-state index < -0.39 is 13.0 Å². The SMILES string of the molecule is O=C(CCOCC(F)F)NC1CCCC1Br. The minimum atomic E-state index is -2.47. The standard InChI is InChI=1S/C10H16BrF2NO2/c11-7-2-1-3-8(7)14-10(15)4-5-16-6-9(12)13/h7-9H,1-6H2,(H,14,15). The molecule has 0 radical (unpaired) electrons. The normalized spacial score (nSPS) is 25.0. The number of carbonyl (C=O) groups excluding carboxylic acids is 1. The molecule has 1 rings (SSSR count). The number of hydrogen-bond acceptors (Lipinski definition) is 2. The predicted molar refractivity (Wildman–Crippen MR) is 59.9 cm³/mol. The Morgan fingerprint density at radius 3 is 2.81 bits per heavy atom. The summed E-state index contributed by atoms with van der Waals surface area (Å²) in [5, 5.41) is 2.86. The highest BCUT2D eigenvalue weighted by Crippen LogP contribution is 2.25. The van der Waals surface area contributed by atoms with Gasteiger partial charge in [-0.1, -0.05) is 22.4 Å². The Hall–Kier alpha value is -0.230. The minimum absolute atomic E-state index is 0.0514. The lowest BCUT2D eigenvalue weighted by atomic mass is 10.2. The zero-order chi connectivity index (χ0) is 12.0. The molecule has 2 atom stereocenters. The molecule has 0 aromatic rings. The summed E-state index contributed by atoms with van der Waals surface area (Å²) in [5.41, 5.74) is 0. The molecule has 0 heterocycles. The highest BCUT2D eigenvalue weighted by Gasteiger charge is 2.25. The highest BCUT2D eigenvalue weighted by atomic mass is 79.9. The van der Waals surface area contributed by atoms with Crippen molar-refractivity contribution >= 4 is 21.8 Å². The molecule has 0 aromatic carbocycles. The van der Waals surface area contributed by atoms with Crippen LogP contribution < -0.4 is 5.32 Å². The van der Waals surface area contributed by atoms with Crippen LogP contribution in [0.25, 0.3) is 0 Å². The fourth-order valence-corrected chi connectivity index (χ4v) is 2.41. The third-order valence-electron chi connectivity index (χ3n) is 2.50. The minimum Gasteiger partial charge on any atom is -0.375 e. The van der Waals surface area contributed by atoms with E-state index in [2.05, 4.69) is 26.0 Å². The van der Waals surface area contributed by atoms with E-state index in [0.717, 1.165) is 19.3 Å². The summed E-state index contributed by atoms with van der Waals surface area (Å²) >= 11 is 3.49. The molecule has 6 heteroatoms. The summed E-state index contributed by atoms with van der Waals surface area (Å²) in [7, 11) is 0. The molecule has 1 amide bonds. The van der Waals surface area contributed by atoms with Crippen molar-refractivity contribution in [3.05, 3.63) is 0 Å². The second-order valence-electron chi connectivity index (χ2n) is 3.84. The van der Waals surface area contributed by atoms with E-state index in [1.165, 1.54) is 0 Å². The first-order valence-corrected chi connectivity index (χ1v) is 6.30. The molecular weight excluding hydrogens is 284 g/mol. The lowest BCUT2D eigenvalue weighted by Crippen LogP contribution is -2.38. The average Bonchev–Trinajstić information content (AvgIpc) is 2.59. The van der Waals surface area contributed by atoms with Crippen LogP contribution in [0.5, 0.6) is 0 Å². The van der Waals surface area contributed by atoms with Gasteiger partial charge in [0, 0.05) is 17.3 Å². The van der Waals surface area contributed by atoms with E-state index >= 15 is 0 Å². The Morgan fingerprint density at radius 2 is 2.25 bits per heavy atom. The fraction of sp³-hybridized carbons (Fsp3) is 0.900. The van der Waals surface area contributed by atoms with Gasteiger partial charge in [-0.2, -0.15) is 0 Å². The Labute approximate surface area is 102 Å². The second kappa shape index (κ2) is 7.17. The van der Waals surface area contributed by atoms with Gasteiger partial charge in [-0.25, -0.2) is 8.78 Å². The van der Waals surface area contributed by atoms with Crippen molar-refractivity contribution in [2.45, 2.75) is 43.0 Å². The molecule has 0 aromatic heterocycles. The largest absolute Gasteiger partial charge is 0.375 e. The maximum atomic E-state index is 11.7. The van der Waals surface area contributed by atoms with Crippen molar-refractivity contribution < 1.29 is 18.3 Å². The molecule has 0 spiro atoms. The summed E-state index contributed by atoms with van der Waals surface area (Å²) in [6, 6.07) is 0.169. The Kier molecular flexibility index (Phi) is 6.20. The average molecular weight is 300 g/mol. The van der Waals surface area contributed by atoms with Crippen molar-refractivity contribution in [2.75, 3.05) is 13.2 Å². The Balaban J connectivity index is 2.06. The first-order chi connectivity index (χ1) is 7.59. The summed E-state index contributed by atoms with van der Waals surface area (Å²) in [4.78, 5) is 11.7. The van der Waals surface area contributed by atoms with Crippen LogP contribution in [0.4, 0.5) is 8.78 Å². The lowest BCUT2D eigenvalue weighted by Gasteiger charge is -2.15. The van der Waals surface area contributed by atoms with Gasteiger partial charge in [0.1, 0.15) is 6.61 Å². The number of hydrogen-bond donors (Lipinski definition) is 1. The first-order valence-electron chi connectivity index (χ1n) is 5.39. The maximum Gasteiger partial charge on any atom is 0.261 e. The summed E-state index contributed by atoms with van der Waals surface area (Å²) in [5.74, 6) is -0.134. The van der Waals surface area contributed by atoms with E-state index in [1.54, 1.807) is 0 Å². The van der Waals surface area contributed by atoms with Crippen LogP contribution in [0.3, 0.4) is 0 Å². The van der Waals surface area contributed by atoms with E-state index in [4.69, 9.17) is 0 Å². The molecule has 16 heavy (non-hydrogen) atoms. The van der Waals surface area contributed by atoms with Crippen LogP contribution in [0.2, 0.25) is 0 Å². The van der Waals surface area contributed by atoms with Crippen molar-refractivity contribution in [1.82, 2.24) is 5.32 Å². The quantitative estimate of drug-likeness (QED) is 0.602. The Bertz CT molecular complexity index is 229. The van der Waals surface area contributed by atoms with Gasteiger partial charge in [-0.15, -0.1) is 0 Å². The van der Waals surface area contributed by atoms with Crippen molar-refractivity contribution in [3.63, 3.8) is 0 Å². The maximum absolute atomic E-state index is 11.7. The molecule has 1 aliphatic carbocycles. The smallest absolute Gasteiger partial charge is 0.261 e. The monoisotopic (exact) mass is 299 g/mol. The van der Waals surface area contributed by atoms with Crippen molar-refractivity contribution in [1.29, 1.82) is 0 Å². The predicted octanol–water partition coefficient (Wildman–Crippen LogP) is 2.09. The van der Waals surface area contributed by atoms with Gasteiger partial charge in [0.25, 0.3) is 6.43 Å². The zero-order valence-corrected chi connectivity index (χ0v) is 10.5. The number of ether oxygens (including phenoxy) is 1. The molecule has 94 valence electrons. The summed E-state index contributed by atoms with van der Waals surface area (Å²) in [6.07, 6.45) is 0.808. The number of carbonyl (C=O) groups is 1. The second-order valence-corrected chi connectivity index (χ2v) is 5.01. The summed E-state index contributed by atoms with van der Waals surface area (Å²) in [6.45, 7) is -0.548. The van der Waals surface area contributed by atoms with Crippen LogP contribution in [0, 0.1) is 0 Å². The third-order valence-corrected chi connectivity index (χ3v) is 3.59. The zero-order valence-electron chi connectivity index (χ0n) is 8.93. The fourth-order valence-electron chi connectivity index (χ4n) is 1.69. The topological polar surface area (TPSA) is 38.3 Å². The molecule has 3 nitrogen and oxygen atoms in total. The molecule has 0 aliphatic heterocycles. The molecule has 1 aliphatic rings. The van der Waals surface area contributed by atoms with Gasteiger partial charge in [0.2, 0.25) is 5.91 Å². The van der Waals surface area contributed by atoms with Gasteiger partial charge in [-0.3, -0.25) is 4.79 Å². The number of alkyl halides is 3. The molecule has 1 saturated carbocycles. The van der Waals surface area contributed by atoms with E-state index in [-0.39, 0.29) is 25.0 Å². The van der Waals surface area contributed by atoms with Gasteiger partial charge in [0.05, 0.1) is 6.61 Å². The number of nitrogens with one attached hydrogen (secondary N) is 1. The number of rotatable bonds is 6. The van der Waals surface area contributed by atoms with E-state index in [1.807, 2.05) is 0 Å². The van der Waals surface area contributed by atoms with Crippen LogP contribution in [-0.4, -0.2) is 36.4 Å². The van der Waals surface area contributed by atoms with Crippen LogP contribution in [0.15, 0.2) is 0 Å². The van der Waals surface area contributed by atoms with Crippen LogP contribution in [0.1, 0.15) is 25.7 Å². The molecule has 0 bridgehead atoms. The highest BCUT2D eigenvalue weighted by molar-refractivity contribution is 9.09. The lowest BCUT2D eigenvalue weighted by molar-refractivity contribution is -0.123. The van der Waals surface area contributed by atoms with Gasteiger partial charge >= 0.3 is 0 Å². The number of amides is 1. The van der Waals surface area contributed by atoms with E-state index in [9.17, 15) is 13.6 Å². The number of halogens is 3. The van der Waals surface area contributed by atoms with E-state index in [0.29, 0.717) is 4.83 Å². The van der Waals surface area contributed by atoms with Gasteiger partial charge in [0.15, 0.2) is 0 Å². The molecular formula is C10H16BrF2NO2. The van der Waals surface area contributed by atoms with Crippen molar-refractivity contribution in [3.8, 4) is 0 Å². The third kappa shape index (κ3) is 5.21. The van der Waals surface area contributed by atoms with Gasteiger partial charge in [-0.05, 0) is 12.8 Å². The van der Waals surface area contributed by atoms with Crippen molar-refractivity contribution in [2.24, 2.45) is 0 Å². The molecule has 0 saturated heterocycles. The van der Waals surface area contributed by atoms with Crippen LogP contribution >= 0.6 is 15.9 Å². The first kappa shape index (κ1) is 13.8. The molecule has 2 unspecified atom stereocenters. The molecule has 1 fully saturated rings. The van der Waals surface area contributed by atoms with Crippen LogP contribution in [-0.2, 0) is 9.53 Å². The van der Waals surface area contributed by atoms with Gasteiger partial charge < -0.3 is 10.1 Å². The molecule has 1 N–H and O–H groups in total. The summed E-state index contributed by atoms with van der Waals surface area (Å²) < 4.78 is 28.0.